The van der Waals surface area contributed by atoms with Crippen molar-refractivity contribution < 1.29 is 19.1 Å². The fraction of sp³-hybridized carbons (Fsp3) is 0.500. The largest absolute Gasteiger partial charge is 0.468 e. The van der Waals surface area contributed by atoms with Crippen LogP contribution in [0.5, 0.6) is 0 Å². The summed E-state index contributed by atoms with van der Waals surface area (Å²) in [5, 5.41) is 2.87. The molecule has 120 valence electrons. The van der Waals surface area contributed by atoms with E-state index in [0.717, 1.165) is 31.5 Å². The third-order valence-electron chi connectivity index (χ3n) is 3.70. The molecule has 1 aliphatic rings. The molecular formula is C16H22N2O4. The minimum absolute atomic E-state index is 0.0946. The molecule has 0 atom stereocenters. The maximum absolute atomic E-state index is 11.8. The zero-order chi connectivity index (χ0) is 15.8. The highest BCUT2D eigenvalue weighted by atomic mass is 16.5. The quantitative estimate of drug-likeness (QED) is 0.836. The molecule has 2 rings (SSSR count). The van der Waals surface area contributed by atoms with Gasteiger partial charge in [0.15, 0.2) is 0 Å². The molecule has 1 N–H and O–H groups in total. The number of nitrogens with one attached hydrogen (secondary N) is 1. The molecule has 6 heteroatoms. The highest BCUT2D eigenvalue weighted by Crippen LogP contribution is 2.10. The first kappa shape index (κ1) is 16.3. The maximum atomic E-state index is 11.8. The molecule has 1 aromatic carbocycles. The van der Waals surface area contributed by atoms with E-state index < -0.39 is 6.09 Å². The van der Waals surface area contributed by atoms with Gasteiger partial charge in [-0.2, -0.15) is 0 Å². The predicted octanol–water partition coefficient (Wildman–Crippen LogP) is 1.55. The summed E-state index contributed by atoms with van der Waals surface area (Å²) in [7, 11) is 1.39. The van der Waals surface area contributed by atoms with Crippen LogP contribution in [0, 0.1) is 0 Å². The summed E-state index contributed by atoms with van der Waals surface area (Å²) in [6.45, 7) is 2.10. The van der Waals surface area contributed by atoms with Gasteiger partial charge in [0, 0.05) is 19.1 Å². The smallest absolute Gasteiger partial charge is 0.407 e. The molecule has 0 bridgehead atoms. The van der Waals surface area contributed by atoms with Gasteiger partial charge in [0.25, 0.3) is 0 Å². The number of amides is 1. The normalized spacial score (nSPS) is 16.0. The molecule has 0 spiro atoms. The van der Waals surface area contributed by atoms with Gasteiger partial charge in [-0.05, 0) is 18.4 Å². The third kappa shape index (κ3) is 5.37. The third-order valence-corrected chi connectivity index (χ3v) is 3.70. The van der Waals surface area contributed by atoms with Gasteiger partial charge in [-0.3, -0.25) is 9.69 Å². The predicted molar refractivity (Wildman–Crippen MR) is 81.2 cm³/mol. The Bertz CT molecular complexity index is 484. The van der Waals surface area contributed by atoms with Crippen molar-refractivity contribution in [2.45, 2.75) is 25.5 Å². The van der Waals surface area contributed by atoms with Gasteiger partial charge in [-0.15, -0.1) is 0 Å². The Kier molecular flexibility index (Phi) is 6.21. The summed E-state index contributed by atoms with van der Waals surface area (Å²) in [6.07, 6.45) is 1.21. The summed E-state index contributed by atoms with van der Waals surface area (Å²) in [6, 6.07) is 9.67. The van der Waals surface area contributed by atoms with E-state index >= 15 is 0 Å². The van der Waals surface area contributed by atoms with Crippen molar-refractivity contribution in [1.82, 2.24) is 10.2 Å². The first-order valence-corrected chi connectivity index (χ1v) is 7.44. The van der Waals surface area contributed by atoms with Crippen LogP contribution in [0.25, 0.3) is 0 Å². The molecule has 1 amide bonds. The van der Waals surface area contributed by atoms with Crippen molar-refractivity contribution in [3.05, 3.63) is 35.9 Å². The van der Waals surface area contributed by atoms with Gasteiger partial charge in [-0.1, -0.05) is 30.3 Å². The van der Waals surface area contributed by atoms with Crippen LogP contribution in [0.2, 0.25) is 0 Å². The minimum Gasteiger partial charge on any atom is -0.468 e. The number of alkyl carbamates (subject to hydrolysis) is 1. The lowest BCUT2D eigenvalue weighted by molar-refractivity contribution is -0.142. The van der Waals surface area contributed by atoms with Gasteiger partial charge >= 0.3 is 12.1 Å². The number of rotatable bonds is 5. The van der Waals surface area contributed by atoms with Gasteiger partial charge in [0.05, 0.1) is 13.7 Å². The van der Waals surface area contributed by atoms with E-state index in [-0.39, 0.29) is 18.6 Å². The van der Waals surface area contributed by atoms with Gasteiger partial charge in [0.1, 0.15) is 6.61 Å². The lowest BCUT2D eigenvalue weighted by atomic mass is 10.1. The van der Waals surface area contributed by atoms with E-state index in [9.17, 15) is 9.59 Å². The number of hydrogen-bond acceptors (Lipinski definition) is 5. The van der Waals surface area contributed by atoms with Gasteiger partial charge in [-0.25, -0.2) is 4.79 Å². The van der Waals surface area contributed by atoms with E-state index in [4.69, 9.17) is 4.74 Å². The molecule has 22 heavy (non-hydrogen) atoms. The number of piperidine rings is 1. The van der Waals surface area contributed by atoms with Gasteiger partial charge in [0.2, 0.25) is 0 Å². The van der Waals surface area contributed by atoms with Crippen LogP contribution >= 0.6 is 0 Å². The molecule has 0 unspecified atom stereocenters. The van der Waals surface area contributed by atoms with Crippen LogP contribution in [0.4, 0.5) is 4.79 Å². The standard InChI is InChI=1S/C16H22N2O4/c1-21-15(19)11-18-9-7-14(8-10-18)17-16(20)22-12-13-5-3-2-4-6-13/h2-6,14H,7-12H2,1H3,(H,17,20). The first-order chi connectivity index (χ1) is 10.7. The van der Waals surface area contributed by atoms with E-state index in [0.29, 0.717) is 6.54 Å². The van der Waals surface area contributed by atoms with E-state index in [1.165, 1.54) is 7.11 Å². The number of likely N-dealkylation sites (tertiary alicyclic amines) is 1. The number of carbonyl (C=O) groups excluding carboxylic acids is 2. The zero-order valence-electron chi connectivity index (χ0n) is 12.8. The average molecular weight is 306 g/mol. The molecule has 0 radical (unpaired) electrons. The maximum Gasteiger partial charge on any atom is 0.407 e. The van der Waals surface area contributed by atoms with Crippen LogP contribution in [0.3, 0.4) is 0 Å². The Labute approximate surface area is 130 Å². The number of methoxy groups -OCH3 is 1. The highest BCUT2D eigenvalue weighted by Gasteiger charge is 2.22. The van der Waals surface area contributed by atoms with E-state index in [1.807, 2.05) is 35.2 Å². The second-order valence-corrected chi connectivity index (χ2v) is 5.33. The second-order valence-electron chi connectivity index (χ2n) is 5.33. The molecule has 1 aliphatic heterocycles. The van der Waals surface area contributed by atoms with Crippen LogP contribution in [0.1, 0.15) is 18.4 Å². The number of nitrogens with zero attached hydrogens (tertiary/aromatic N) is 1. The van der Waals surface area contributed by atoms with Crippen LogP contribution in [0.15, 0.2) is 30.3 Å². The molecule has 0 aliphatic carbocycles. The van der Waals surface area contributed by atoms with Crippen molar-refractivity contribution in [2.24, 2.45) is 0 Å². The Morgan fingerprint density at radius 1 is 1.23 bits per heavy atom. The van der Waals surface area contributed by atoms with Crippen molar-refractivity contribution in [3.63, 3.8) is 0 Å². The monoisotopic (exact) mass is 306 g/mol. The van der Waals surface area contributed by atoms with Crippen LogP contribution < -0.4 is 5.32 Å². The Morgan fingerprint density at radius 3 is 2.55 bits per heavy atom. The Morgan fingerprint density at radius 2 is 1.91 bits per heavy atom. The Balaban J connectivity index is 1.65. The molecule has 0 saturated carbocycles. The fourth-order valence-corrected chi connectivity index (χ4v) is 2.41. The SMILES string of the molecule is COC(=O)CN1CCC(NC(=O)OCc2ccccc2)CC1. The van der Waals surface area contributed by atoms with E-state index in [1.54, 1.807) is 0 Å². The molecule has 1 aromatic rings. The topological polar surface area (TPSA) is 67.9 Å². The summed E-state index contributed by atoms with van der Waals surface area (Å²) in [5.41, 5.74) is 0.963. The van der Waals surface area contributed by atoms with Gasteiger partial charge < -0.3 is 14.8 Å². The number of ether oxygens (including phenoxy) is 2. The van der Waals surface area contributed by atoms with Crippen molar-refractivity contribution >= 4 is 12.1 Å². The van der Waals surface area contributed by atoms with Crippen LogP contribution in [-0.2, 0) is 20.9 Å². The molecule has 6 nitrogen and oxygen atoms in total. The van der Waals surface area contributed by atoms with Crippen molar-refractivity contribution in [1.29, 1.82) is 0 Å². The second kappa shape index (κ2) is 8.38. The van der Waals surface area contributed by atoms with Crippen LogP contribution in [-0.4, -0.2) is 49.7 Å². The lowest BCUT2D eigenvalue weighted by Crippen LogP contribution is -2.46. The zero-order valence-corrected chi connectivity index (χ0v) is 12.8. The summed E-state index contributed by atoms with van der Waals surface area (Å²) in [5.74, 6) is -0.228. The fourth-order valence-electron chi connectivity index (χ4n) is 2.41. The number of hydrogen-bond donors (Lipinski definition) is 1. The molecule has 1 fully saturated rings. The minimum atomic E-state index is -0.393. The highest BCUT2D eigenvalue weighted by molar-refractivity contribution is 5.71. The summed E-state index contributed by atoms with van der Waals surface area (Å²) >= 11 is 0. The summed E-state index contributed by atoms with van der Waals surface area (Å²) < 4.78 is 9.85. The number of benzene rings is 1. The van der Waals surface area contributed by atoms with Crippen molar-refractivity contribution in [2.75, 3.05) is 26.7 Å². The Hall–Kier alpha value is -2.08. The van der Waals surface area contributed by atoms with E-state index in [2.05, 4.69) is 10.1 Å². The molecular weight excluding hydrogens is 284 g/mol. The summed E-state index contributed by atoms with van der Waals surface area (Å²) in [4.78, 5) is 25.0. The molecule has 0 aromatic heterocycles. The first-order valence-electron chi connectivity index (χ1n) is 7.44. The lowest BCUT2D eigenvalue weighted by Gasteiger charge is -2.31. The number of carbonyl (C=O) groups is 2. The molecule has 1 saturated heterocycles. The number of esters is 1. The average Bonchev–Trinajstić information content (AvgIpc) is 2.55. The molecule has 1 heterocycles. The van der Waals surface area contributed by atoms with Crippen molar-refractivity contribution in [3.8, 4) is 0 Å².